The van der Waals surface area contributed by atoms with Crippen LogP contribution in [0.1, 0.15) is 31.2 Å². The van der Waals surface area contributed by atoms with Crippen molar-refractivity contribution in [1.29, 1.82) is 0 Å². The predicted octanol–water partition coefficient (Wildman–Crippen LogP) is 2.18. The highest BCUT2D eigenvalue weighted by Crippen LogP contribution is 2.22. The fraction of sp³-hybridized carbons (Fsp3) is 0.364. The van der Waals surface area contributed by atoms with Gasteiger partial charge in [0.2, 0.25) is 0 Å². The largest absolute Gasteiger partial charge is 0.280 e. The number of hydroxylamine groups is 2. The van der Waals surface area contributed by atoms with E-state index in [1.54, 1.807) is 0 Å². The Morgan fingerprint density at radius 2 is 1.93 bits per heavy atom. The standard InChI is InChI=1S/C11H15NO3/c1-2-6-10(11(13)12(14)15)9-7-4-3-5-8-9/h3-5,7-8,10,14-15H,2,6H2,1H3. The van der Waals surface area contributed by atoms with Crippen LogP contribution in [-0.2, 0) is 4.79 Å². The van der Waals surface area contributed by atoms with E-state index in [-0.39, 0.29) is 5.23 Å². The van der Waals surface area contributed by atoms with Crippen LogP contribution in [0.2, 0.25) is 0 Å². The minimum absolute atomic E-state index is 0.326. The summed E-state index contributed by atoms with van der Waals surface area (Å²) in [6, 6.07) is 9.12. The summed E-state index contributed by atoms with van der Waals surface area (Å²) in [5.41, 5.74) is 0.803. The van der Waals surface area contributed by atoms with Crippen LogP contribution >= 0.6 is 0 Å². The molecule has 0 radical (unpaired) electrons. The van der Waals surface area contributed by atoms with E-state index in [9.17, 15) is 4.79 Å². The first-order valence-corrected chi connectivity index (χ1v) is 4.93. The average Bonchev–Trinajstić information content (AvgIpc) is 2.26. The molecule has 4 nitrogen and oxygen atoms in total. The Balaban J connectivity index is 2.88. The number of carbonyl (C=O) groups is 1. The maximum Gasteiger partial charge on any atom is 0.280 e. The van der Waals surface area contributed by atoms with Gasteiger partial charge in [-0.25, -0.2) is 0 Å². The van der Waals surface area contributed by atoms with Crippen molar-refractivity contribution in [2.75, 3.05) is 0 Å². The Kier molecular flexibility index (Phi) is 4.27. The predicted molar refractivity (Wildman–Crippen MR) is 54.5 cm³/mol. The van der Waals surface area contributed by atoms with E-state index in [1.165, 1.54) is 0 Å². The molecule has 15 heavy (non-hydrogen) atoms. The van der Waals surface area contributed by atoms with E-state index in [2.05, 4.69) is 0 Å². The lowest BCUT2D eigenvalue weighted by Gasteiger charge is -2.17. The van der Waals surface area contributed by atoms with Gasteiger partial charge in [0.05, 0.1) is 5.92 Å². The summed E-state index contributed by atoms with van der Waals surface area (Å²) in [6.07, 6.45) is 1.40. The van der Waals surface area contributed by atoms with E-state index in [0.29, 0.717) is 6.42 Å². The van der Waals surface area contributed by atoms with Gasteiger partial charge in [0.25, 0.3) is 5.91 Å². The average molecular weight is 209 g/mol. The number of nitrogens with zero attached hydrogens (tertiary/aromatic N) is 1. The molecule has 0 aromatic heterocycles. The number of benzene rings is 1. The van der Waals surface area contributed by atoms with E-state index in [4.69, 9.17) is 10.4 Å². The van der Waals surface area contributed by atoms with E-state index in [1.807, 2.05) is 37.3 Å². The molecule has 0 fully saturated rings. The molecule has 1 amide bonds. The summed E-state index contributed by atoms with van der Waals surface area (Å²) in [5.74, 6) is -1.17. The molecule has 0 saturated heterocycles. The van der Waals surface area contributed by atoms with Gasteiger partial charge in [-0.05, 0) is 12.0 Å². The number of hydrogen-bond acceptors (Lipinski definition) is 3. The molecule has 0 aliphatic rings. The van der Waals surface area contributed by atoms with E-state index >= 15 is 0 Å². The zero-order valence-corrected chi connectivity index (χ0v) is 8.63. The Morgan fingerprint density at radius 3 is 2.40 bits per heavy atom. The molecule has 0 spiro atoms. The summed E-state index contributed by atoms with van der Waals surface area (Å²) < 4.78 is 0. The summed E-state index contributed by atoms with van der Waals surface area (Å²) in [5, 5.41) is 17.1. The van der Waals surface area contributed by atoms with Crippen LogP contribution in [0, 0.1) is 0 Å². The van der Waals surface area contributed by atoms with E-state index in [0.717, 1.165) is 12.0 Å². The van der Waals surface area contributed by atoms with E-state index < -0.39 is 11.8 Å². The third-order valence-electron chi connectivity index (χ3n) is 2.27. The van der Waals surface area contributed by atoms with Crippen LogP contribution in [0.5, 0.6) is 0 Å². The minimum Gasteiger partial charge on any atom is -0.269 e. The van der Waals surface area contributed by atoms with Gasteiger partial charge in [0.15, 0.2) is 0 Å². The van der Waals surface area contributed by atoms with Gasteiger partial charge >= 0.3 is 0 Å². The smallest absolute Gasteiger partial charge is 0.269 e. The normalized spacial score (nSPS) is 12.2. The fourth-order valence-electron chi connectivity index (χ4n) is 1.55. The topological polar surface area (TPSA) is 60.8 Å². The van der Waals surface area contributed by atoms with Crippen LogP contribution < -0.4 is 0 Å². The van der Waals surface area contributed by atoms with Crippen molar-refractivity contribution < 1.29 is 15.2 Å². The number of hydrogen-bond donors (Lipinski definition) is 2. The first-order chi connectivity index (χ1) is 7.16. The van der Waals surface area contributed by atoms with Crippen molar-refractivity contribution in [1.82, 2.24) is 5.23 Å². The highest BCUT2D eigenvalue weighted by Gasteiger charge is 2.23. The lowest BCUT2D eigenvalue weighted by molar-refractivity contribution is -0.286. The first kappa shape index (κ1) is 11.7. The van der Waals surface area contributed by atoms with Crippen LogP contribution in [0.25, 0.3) is 0 Å². The molecule has 1 aromatic rings. The van der Waals surface area contributed by atoms with Gasteiger partial charge < -0.3 is 0 Å². The van der Waals surface area contributed by atoms with Crippen molar-refractivity contribution >= 4 is 5.91 Å². The number of carbonyl (C=O) groups excluding carboxylic acids is 1. The maximum atomic E-state index is 11.5. The Bertz CT molecular complexity index is 311. The van der Waals surface area contributed by atoms with Crippen molar-refractivity contribution in [2.45, 2.75) is 25.7 Å². The lowest BCUT2D eigenvalue weighted by Crippen LogP contribution is -2.29. The second kappa shape index (κ2) is 5.48. The highest BCUT2D eigenvalue weighted by atomic mass is 16.8. The van der Waals surface area contributed by atoms with Gasteiger partial charge in [-0.1, -0.05) is 48.9 Å². The minimum atomic E-state index is -0.692. The van der Waals surface area contributed by atoms with Crippen molar-refractivity contribution in [2.24, 2.45) is 0 Å². The van der Waals surface area contributed by atoms with Crippen molar-refractivity contribution in [3.05, 3.63) is 35.9 Å². The summed E-state index contributed by atoms with van der Waals surface area (Å²) >= 11 is 0. The molecule has 0 heterocycles. The second-order valence-electron chi connectivity index (χ2n) is 3.38. The second-order valence-corrected chi connectivity index (χ2v) is 3.38. The molecule has 4 heteroatoms. The number of rotatable bonds is 4. The summed E-state index contributed by atoms with van der Waals surface area (Å²) in [4.78, 5) is 11.5. The zero-order valence-electron chi connectivity index (χ0n) is 8.63. The Morgan fingerprint density at radius 1 is 1.33 bits per heavy atom. The van der Waals surface area contributed by atoms with Gasteiger partial charge in [0, 0.05) is 0 Å². The molecule has 1 aromatic carbocycles. The Hall–Kier alpha value is -1.39. The molecule has 1 rings (SSSR count). The van der Waals surface area contributed by atoms with Crippen LogP contribution in [0.4, 0.5) is 0 Å². The monoisotopic (exact) mass is 209 g/mol. The van der Waals surface area contributed by atoms with Crippen LogP contribution in [0.15, 0.2) is 30.3 Å². The molecular formula is C11H15NO3. The Labute approximate surface area is 88.7 Å². The molecule has 0 aliphatic carbocycles. The van der Waals surface area contributed by atoms with Crippen LogP contribution in [0.3, 0.4) is 0 Å². The molecule has 0 aliphatic heterocycles. The number of amides is 1. The molecule has 0 saturated carbocycles. The van der Waals surface area contributed by atoms with Crippen molar-refractivity contribution in [3.8, 4) is 0 Å². The zero-order chi connectivity index (χ0) is 11.3. The van der Waals surface area contributed by atoms with Gasteiger partial charge in [-0.3, -0.25) is 15.2 Å². The molecule has 0 bridgehead atoms. The van der Waals surface area contributed by atoms with Crippen molar-refractivity contribution in [3.63, 3.8) is 0 Å². The highest BCUT2D eigenvalue weighted by molar-refractivity contribution is 5.81. The SMILES string of the molecule is CCCC(C(=O)N(O)O)c1ccccc1. The van der Waals surface area contributed by atoms with Gasteiger partial charge in [0.1, 0.15) is 0 Å². The van der Waals surface area contributed by atoms with Crippen LogP contribution in [-0.4, -0.2) is 21.5 Å². The molecule has 2 N–H and O–H groups in total. The summed E-state index contributed by atoms with van der Waals surface area (Å²) in [7, 11) is 0. The maximum absolute atomic E-state index is 11.5. The fourth-order valence-corrected chi connectivity index (χ4v) is 1.55. The molecule has 82 valence electrons. The lowest BCUT2D eigenvalue weighted by atomic mass is 9.94. The third-order valence-corrected chi connectivity index (χ3v) is 2.27. The molecule has 1 atom stereocenters. The van der Waals surface area contributed by atoms with Gasteiger partial charge in [-0.2, -0.15) is 0 Å². The summed E-state index contributed by atoms with van der Waals surface area (Å²) in [6.45, 7) is 1.95. The van der Waals surface area contributed by atoms with Gasteiger partial charge in [-0.15, -0.1) is 0 Å². The molecule has 1 unspecified atom stereocenters. The molecular weight excluding hydrogens is 194 g/mol. The first-order valence-electron chi connectivity index (χ1n) is 4.93. The quantitative estimate of drug-likeness (QED) is 0.590. The third kappa shape index (κ3) is 3.04.